The van der Waals surface area contributed by atoms with Crippen LogP contribution in [0.15, 0.2) is 6.33 Å². The molecule has 1 aliphatic heterocycles. The van der Waals surface area contributed by atoms with Gasteiger partial charge in [-0.3, -0.25) is 4.57 Å². The fourth-order valence-corrected chi connectivity index (χ4v) is 2.25. The highest BCUT2D eigenvalue weighted by molar-refractivity contribution is 5.81. The van der Waals surface area contributed by atoms with E-state index < -0.39 is 30.6 Å². The smallest absolute Gasteiger partial charge is 0.312 e. The summed E-state index contributed by atoms with van der Waals surface area (Å²) in [4.78, 5) is 10.9. The third-order valence-corrected chi connectivity index (χ3v) is 3.33. The average Bonchev–Trinajstić information content (AvgIpc) is 2.99. The maximum Gasteiger partial charge on any atom is 0.312 e. The Kier molecular flexibility index (Phi) is 2.51. The molecule has 0 bridgehead atoms. The summed E-state index contributed by atoms with van der Waals surface area (Å²) in [5.74, 6) is 1.79. The summed E-state index contributed by atoms with van der Waals surface area (Å²) in [6.45, 7) is -2.99. The number of hydrogen-bond donors (Lipinski definition) is 3. The monoisotopic (exact) mass is 295 g/mol. The van der Waals surface area contributed by atoms with Crippen molar-refractivity contribution in [2.24, 2.45) is 0 Å². The maximum absolute atomic E-state index is 13.4. The number of hydrogen-bond acceptors (Lipinski definition) is 7. The zero-order valence-electron chi connectivity index (χ0n) is 12.6. The zero-order valence-corrected chi connectivity index (χ0v) is 10.6. The van der Waals surface area contributed by atoms with E-state index in [1.54, 1.807) is 0 Å². The summed E-state index contributed by atoms with van der Waals surface area (Å²) in [7, 11) is 0. The Morgan fingerprint density at radius 2 is 2.48 bits per heavy atom. The number of aliphatic hydroxyl groups is 2. The molecule has 21 heavy (non-hydrogen) atoms. The molecule has 3 heterocycles. The molecule has 2 aromatic heterocycles. The molecular formula is C12H12FN5O3. The number of nitrogen functional groups attached to an aromatic ring is 1. The Hall–Kier alpha value is -2.28. The lowest BCUT2D eigenvalue weighted by molar-refractivity contribution is -0.0891. The third-order valence-electron chi connectivity index (χ3n) is 3.33. The van der Waals surface area contributed by atoms with Crippen molar-refractivity contribution in [2.75, 3.05) is 12.3 Å². The predicted octanol–water partition coefficient (Wildman–Crippen LogP) is -0.808. The molecule has 2 aromatic rings. The molecule has 8 nitrogen and oxygen atoms in total. The second-order valence-electron chi connectivity index (χ2n) is 4.52. The Balaban J connectivity index is 2.07. The number of anilines is 1. The van der Waals surface area contributed by atoms with Crippen LogP contribution >= 0.6 is 0 Å². The summed E-state index contributed by atoms with van der Waals surface area (Å²) in [6.07, 6.45) is 2.72. The van der Waals surface area contributed by atoms with Gasteiger partial charge < -0.3 is 20.7 Å². The van der Waals surface area contributed by atoms with E-state index in [1.165, 1.54) is 10.9 Å². The van der Waals surface area contributed by atoms with Crippen molar-refractivity contribution in [1.82, 2.24) is 19.5 Å². The van der Waals surface area contributed by atoms with Crippen molar-refractivity contribution >= 4 is 17.0 Å². The molecule has 110 valence electrons. The van der Waals surface area contributed by atoms with Crippen molar-refractivity contribution < 1.29 is 22.1 Å². The third kappa shape index (κ3) is 1.92. The van der Waals surface area contributed by atoms with Gasteiger partial charge >= 0.3 is 6.08 Å². The topological polar surface area (TPSA) is 119 Å². The molecule has 1 fully saturated rings. The molecule has 0 aromatic carbocycles. The molecule has 3 rings (SSSR count). The highest BCUT2D eigenvalue weighted by Crippen LogP contribution is 2.37. The van der Waals surface area contributed by atoms with E-state index >= 15 is 0 Å². The number of imidazole rings is 1. The second kappa shape index (κ2) is 4.63. The molecule has 0 radical (unpaired) electrons. The number of ether oxygens (including phenoxy) is 1. The van der Waals surface area contributed by atoms with Crippen LogP contribution in [0, 0.1) is 18.4 Å². The van der Waals surface area contributed by atoms with Crippen LogP contribution in [0.25, 0.3) is 11.2 Å². The van der Waals surface area contributed by atoms with Gasteiger partial charge in [-0.1, -0.05) is 5.92 Å². The van der Waals surface area contributed by atoms with Crippen LogP contribution in [-0.2, 0) is 4.74 Å². The lowest BCUT2D eigenvalue weighted by atomic mass is 9.99. The molecule has 0 saturated carbocycles. The normalized spacial score (nSPS) is 31.0. The summed E-state index contributed by atoms with van der Waals surface area (Å²) in [6, 6.07) is 0. The Bertz CT molecular complexity index is 817. The van der Waals surface area contributed by atoms with Gasteiger partial charge in [-0.2, -0.15) is 14.4 Å². The molecule has 1 aliphatic rings. The van der Waals surface area contributed by atoms with E-state index in [2.05, 4.69) is 15.0 Å². The molecule has 0 aliphatic carbocycles. The van der Waals surface area contributed by atoms with E-state index in [0.717, 1.165) is 0 Å². The Labute approximate surface area is 121 Å². The van der Waals surface area contributed by atoms with Crippen LogP contribution in [0.1, 0.15) is 15.4 Å². The molecule has 4 N–H and O–H groups in total. The summed E-state index contributed by atoms with van der Waals surface area (Å²) >= 11 is 0. The minimum absolute atomic E-state index is 0.00137. The number of nitrogens with zero attached hydrogens (tertiary/aromatic N) is 4. The van der Waals surface area contributed by atoms with Crippen molar-refractivity contribution in [3.63, 3.8) is 0 Å². The van der Waals surface area contributed by atoms with Crippen LogP contribution in [-0.4, -0.2) is 48.0 Å². The molecule has 0 unspecified atom stereocenters. The quantitative estimate of drug-likeness (QED) is 0.489. The summed E-state index contributed by atoms with van der Waals surface area (Å²) < 4.78 is 34.8. The van der Waals surface area contributed by atoms with Gasteiger partial charge in [0, 0.05) is 6.42 Å². The number of aromatic nitrogens is 4. The molecular weight excluding hydrogens is 281 g/mol. The van der Waals surface area contributed by atoms with Crippen LogP contribution in [0.2, 0.25) is 0 Å². The maximum atomic E-state index is 13.4. The number of halogens is 1. The van der Waals surface area contributed by atoms with Crippen molar-refractivity contribution in [2.45, 2.75) is 24.4 Å². The van der Waals surface area contributed by atoms with Gasteiger partial charge in [0.1, 0.15) is 12.3 Å². The molecule has 9 heteroatoms. The highest BCUT2D eigenvalue weighted by Gasteiger charge is 2.47. The van der Waals surface area contributed by atoms with Crippen molar-refractivity contribution in [1.29, 1.82) is 0 Å². The number of terminal acetylenes is 1. The van der Waals surface area contributed by atoms with Crippen LogP contribution in [0.5, 0.6) is 0 Å². The van der Waals surface area contributed by atoms with Gasteiger partial charge in [0.2, 0.25) is 0 Å². The van der Waals surface area contributed by atoms with E-state index in [1.807, 2.05) is 5.92 Å². The fraction of sp³-hybridized carbons (Fsp3) is 0.417. The lowest BCUT2D eigenvalue weighted by Crippen LogP contribution is -2.41. The van der Waals surface area contributed by atoms with Gasteiger partial charge in [0.15, 0.2) is 22.6 Å². The zero-order chi connectivity index (χ0) is 17.0. The second-order valence-corrected chi connectivity index (χ2v) is 4.52. The van der Waals surface area contributed by atoms with E-state index in [4.69, 9.17) is 19.6 Å². The van der Waals surface area contributed by atoms with Gasteiger partial charge in [0.05, 0.1) is 15.6 Å². The minimum Gasteiger partial charge on any atom is -0.392 e. The van der Waals surface area contributed by atoms with Crippen molar-refractivity contribution in [3.8, 4) is 12.3 Å². The fourth-order valence-electron chi connectivity index (χ4n) is 2.25. The van der Waals surface area contributed by atoms with Gasteiger partial charge in [-0.05, 0) is 0 Å². The average molecular weight is 295 g/mol. The van der Waals surface area contributed by atoms with Crippen LogP contribution < -0.4 is 5.73 Å². The molecule has 1 saturated heterocycles. The molecule has 3 atom stereocenters. The van der Waals surface area contributed by atoms with Crippen molar-refractivity contribution in [3.05, 3.63) is 12.4 Å². The Morgan fingerprint density at radius 1 is 1.71 bits per heavy atom. The summed E-state index contributed by atoms with van der Waals surface area (Å²) in [5.41, 5.74) is 3.40. The minimum atomic E-state index is -2.99. The number of aliphatic hydroxyl groups excluding tert-OH is 1. The van der Waals surface area contributed by atoms with E-state index in [0.29, 0.717) is 0 Å². The first-order valence-electron chi connectivity index (χ1n) is 6.91. The number of rotatable bonds is 2. The Morgan fingerprint density at radius 3 is 3.10 bits per heavy atom. The molecule has 0 amide bonds. The first kappa shape index (κ1) is 11.4. The standard InChI is InChI=1S/C12H12FN5O3/c1-2-12(4-19)6(20)3-7(21-12)18-5-15-8-9(14)16-11(13)17-10(8)18/h1,5-7,19-20H,3-4H2,(H2,14,16,17)/t6-,7+,12+/m0/s1/i4D2. The predicted molar refractivity (Wildman–Crippen MR) is 69.1 cm³/mol. The number of nitrogens with two attached hydrogens (primary N) is 1. The largest absolute Gasteiger partial charge is 0.392 e. The first-order chi connectivity index (χ1) is 10.7. The van der Waals surface area contributed by atoms with Crippen LogP contribution in [0.3, 0.4) is 0 Å². The first-order valence-corrected chi connectivity index (χ1v) is 5.91. The lowest BCUT2D eigenvalue weighted by Gasteiger charge is -2.23. The molecule has 0 spiro atoms. The highest BCUT2D eigenvalue weighted by atomic mass is 19.1. The SMILES string of the molecule is [2H]C([2H])(O)[C@@]1(C#C)O[C@@H](n2cnc3c(N)nc(F)nc32)C[C@@H]1O. The van der Waals surface area contributed by atoms with E-state index in [-0.39, 0.29) is 23.4 Å². The van der Waals surface area contributed by atoms with Gasteiger partial charge in [-0.15, -0.1) is 6.42 Å². The number of fused-ring (bicyclic) bond motifs is 1. The van der Waals surface area contributed by atoms with Gasteiger partial charge in [-0.25, -0.2) is 4.98 Å². The van der Waals surface area contributed by atoms with E-state index in [9.17, 15) is 14.6 Å². The van der Waals surface area contributed by atoms with Crippen LogP contribution in [0.4, 0.5) is 10.2 Å². The van der Waals surface area contributed by atoms with Gasteiger partial charge in [0.25, 0.3) is 0 Å². The summed E-state index contributed by atoms with van der Waals surface area (Å²) in [5, 5.41) is 19.7.